The van der Waals surface area contributed by atoms with Crippen LogP contribution in [0.3, 0.4) is 0 Å². The molecule has 0 saturated heterocycles. The van der Waals surface area contributed by atoms with E-state index in [9.17, 15) is 0 Å². The molecule has 4 radical (unpaired) electrons. The minimum atomic E-state index is 0. The molecule has 2 aromatic rings. The Hall–Kier alpha value is -1.05. The van der Waals surface area contributed by atoms with Crippen molar-refractivity contribution in [2.45, 2.75) is 26.2 Å². The average molecular weight is 273 g/mol. The largest absolute Gasteiger partial charge is 0.0834 e. The van der Waals surface area contributed by atoms with Gasteiger partial charge in [0.15, 0.2) is 0 Å². The van der Waals surface area contributed by atoms with E-state index in [0.717, 1.165) is 17.0 Å². The van der Waals surface area contributed by atoms with Gasteiger partial charge in [-0.2, -0.15) is 0 Å². The van der Waals surface area contributed by atoms with Crippen molar-refractivity contribution in [1.29, 1.82) is 0 Å². The Morgan fingerprint density at radius 2 is 1.67 bits per heavy atom. The van der Waals surface area contributed by atoms with Crippen molar-refractivity contribution >= 4 is 22.6 Å². The van der Waals surface area contributed by atoms with E-state index in [1.807, 2.05) is 18.2 Å². The van der Waals surface area contributed by atoms with Gasteiger partial charge in [0, 0.05) is 16.5 Å². The van der Waals surface area contributed by atoms with Crippen LogP contribution in [-0.2, 0) is 6.42 Å². The van der Waals surface area contributed by atoms with E-state index >= 15 is 0 Å². The van der Waals surface area contributed by atoms with Crippen LogP contribution < -0.4 is 0 Å². The van der Waals surface area contributed by atoms with Crippen LogP contribution in [0.4, 0.5) is 0 Å². The Bertz CT molecular complexity index is 480. The predicted octanol–water partition coefficient (Wildman–Crippen LogP) is 4.97. The van der Waals surface area contributed by atoms with Crippen molar-refractivity contribution < 1.29 is 0 Å². The van der Waals surface area contributed by atoms with Gasteiger partial charge in [0.1, 0.15) is 0 Å². The van der Waals surface area contributed by atoms with Crippen LogP contribution in [-0.4, -0.2) is 11.0 Å². The summed E-state index contributed by atoms with van der Waals surface area (Å²) in [5.41, 5.74) is 3.59. The topological polar surface area (TPSA) is 0 Å². The van der Waals surface area contributed by atoms with Crippen molar-refractivity contribution in [3.05, 3.63) is 59.1 Å². The zero-order valence-electron chi connectivity index (χ0n) is 10.6. The van der Waals surface area contributed by atoms with Crippen LogP contribution in [0.5, 0.6) is 0 Å². The summed E-state index contributed by atoms with van der Waals surface area (Å²) in [6.45, 7) is 2.20. The summed E-state index contributed by atoms with van der Waals surface area (Å²) in [5.74, 6) is 0. The van der Waals surface area contributed by atoms with Gasteiger partial charge in [0.05, 0.1) is 5.02 Å². The SMILES string of the molecule is CCCCc1cccc(-c2ccccc2)c1Cl.[Si]. The number of hydrogen-bond acceptors (Lipinski definition) is 0. The van der Waals surface area contributed by atoms with Crippen molar-refractivity contribution in [3.8, 4) is 11.1 Å². The Morgan fingerprint density at radius 3 is 2.33 bits per heavy atom. The highest BCUT2D eigenvalue weighted by molar-refractivity contribution is 6.34. The molecule has 2 aromatic carbocycles. The molecular formula is C16H17ClSi. The normalized spacial score (nSPS) is 9.89. The molecule has 0 spiro atoms. The molecule has 2 rings (SSSR count). The molecule has 18 heavy (non-hydrogen) atoms. The maximum Gasteiger partial charge on any atom is 0.0516 e. The number of aryl methyl sites for hydroxylation is 1. The van der Waals surface area contributed by atoms with Gasteiger partial charge in [-0.1, -0.05) is 73.5 Å². The van der Waals surface area contributed by atoms with Crippen LogP contribution in [0.25, 0.3) is 11.1 Å². The summed E-state index contributed by atoms with van der Waals surface area (Å²) >= 11 is 6.48. The van der Waals surface area contributed by atoms with Crippen LogP contribution in [0.2, 0.25) is 5.02 Å². The number of halogens is 1. The molecule has 0 bridgehead atoms. The third-order valence-corrected chi connectivity index (χ3v) is 3.41. The number of benzene rings is 2. The van der Waals surface area contributed by atoms with E-state index in [1.54, 1.807) is 0 Å². The first kappa shape index (κ1) is 15.0. The first-order valence-corrected chi connectivity index (χ1v) is 6.53. The molecule has 0 fully saturated rings. The quantitative estimate of drug-likeness (QED) is 0.690. The lowest BCUT2D eigenvalue weighted by molar-refractivity contribution is 0.795. The maximum absolute atomic E-state index is 6.48. The first-order valence-electron chi connectivity index (χ1n) is 6.15. The van der Waals surface area contributed by atoms with Crippen LogP contribution in [0.1, 0.15) is 25.3 Å². The van der Waals surface area contributed by atoms with E-state index < -0.39 is 0 Å². The van der Waals surface area contributed by atoms with Gasteiger partial charge in [-0.15, -0.1) is 0 Å². The van der Waals surface area contributed by atoms with E-state index in [2.05, 4.69) is 37.3 Å². The van der Waals surface area contributed by atoms with Gasteiger partial charge in [0.25, 0.3) is 0 Å². The minimum absolute atomic E-state index is 0. The molecule has 0 amide bonds. The van der Waals surface area contributed by atoms with Crippen LogP contribution >= 0.6 is 11.6 Å². The fraction of sp³-hybridized carbons (Fsp3) is 0.250. The Morgan fingerprint density at radius 1 is 0.944 bits per heavy atom. The summed E-state index contributed by atoms with van der Waals surface area (Å²) < 4.78 is 0. The monoisotopic (exact) mass is 272 g/mol. The molecule has 0 atom stereocenters. The van der Waals surface area contributed by atoms with Gasteiger partial charge in [-0.05, 0) is 24.0 Å². The van der Waals surface area contributed by atoms with Gasteiger partial charge in [-0.3, -0.25) is 0 Å². The fourth-order valence-electron chi connectivity index (χ4n) is 1.98. The van der Waals surface area contributed by atoms with E-state index in [0.29, 0.717) is 0 Å². The highest BCUT2D eigenvalue weighted by atomic mass is 35.5. The molecule has 0 nitrogen and oxygen atoms in total. The molecule has 0 aliphatic rings. The van der Waals surface area contributed by atoms with Gasteiger partial charge in [-0.25, -0.2) is 0 Å². The summed E-state index contributed by atoms with van der Waals surface area (Å²) in [6, 6.07) is 16.6. The highest BCUT2D eigenvalue weighted by Crippen LogP contribution is 2.31. The van der Waals surface area contributed by atoms with Crippen molar-refractivity contribution in [2.75, 3.05) is 0 Å². The molecule has 0 aliphatic heterocycles. The molecule has 0 unspecified atom stereocenters. The Kier molecular flexibility index (Phi) is 6.17. The molecule has 2 heteroatoms. The molecule has 92 valence electrons. The summed E-state index contributed by atoms with van der Waals surface area (Å²) in [4.78, 5) is 0. The van der Waals surface area contributed by atoms with E-state index in [1.165, 1.54) is 24.0 Å². The number of rotatable bonds is 4. The summed E-state index contributed by atoms with van der Waals surface area (Å²) in [6.07, 6.45) is 3.46. The zero-order chi connectivity index (χ0) is 12.1. The third kappa shape index (κ3) is 3.47. The number of hydrogen-bond donors (Lipinski definition) is 0. The molecule has 0 saturated carbocycles. The molecule has 0 N–H and O–H groups in total. The molecule has 0 aromatic heterocycles. The van der Waals surface area contributed by atoms with Crippen molar-refractivity contribution in [1.82, 2.24) is 0 Å². The fourth-order valence-corrected chi connectivity index (χ4v) is 2.31. The molecule has 0 aliphatic carbocycles. The minimum Gasteiger partial charge on any atom is -0.0834 e. The van der Waals surface area contributed by atoms with E-state index in [4.69, 9.17) is 11.6 Å². The molecule has 0 heterocycles. The first-order chi connectivity index (χ1) is 8.33. The second-order valence-electron chi connectivity index (χ2n) is 4.25. The summed E-state index contributed by atoms with van der Waals surface area (Å²) in [7, 11) is 0. The maximum atomic E-state index is 6.48. The predicted molar refractivity (Wildman–Crippen MR) is 81.3 cm³/mol. The zero-order valence-corrected chi connectivity index (χ0v) is 12.4. The highest BCUT2D eigenvalue weighted by Gasteiger charge is 2.06. The number of unbranched alkanes of at least 4 members (excludes halogenated alkanes) is 1. The molecular weight excluding hydrogens is 256 g/mol. The lowest BCUT2D eigenvalue weighted by Crippen LogP contribution is -1.89. The Balaban J connectivity index is 0.00000162. The second kappa shape index (κ2) is 7.40. The lowest BCUT2D eigenvalue weighted by atomic mass is 10.0. The smallest absolute Gasteiger partial charge is 0.0516 e. The van der Waals surface area contributed by atoms with Gasteiger partial charge < -0.3 is 0 Å². The third-order valence-electron chi connectivity index (χ3n) is 2.96. The Labute approximate surface area is 119 Å². The van der Waals surface area contributed by atoms with Crippen LogP contribution in [0, 0.1) is 0 Å². The van der Waals surface area contributed by atoms with Gasteiger partial charge >= 0.3 is 0 Å². The van der Waals surface area contributed by atoms with E-state index in [-0.39, 0.29) is 11.0 Å². The standard InChI is InChI=1S/C16H17Cl.Si/c1-2-3-8-14-11-7-12-15(16(14)17)13-9-5-4-6-10-13;/h4-7,9-12H,2-3,8H2,1H3;. The lowest BCUT2D eigenvalue weighted by Gasteiger charge is -2.09. The van der Waals surface area contributed by atoms with Crippen molar-refractivity contribution in [3.63, 3.8) is 0 Å². The second-order valence-corrected chi connectivity index (χ2v) is 4.63. The van der Waals surface area contributed by atoms with Crippen LogP contribution in [0.15, 0.2) is 48.5 Å². The van der Waals surface area contributed by atoms with Gasteiger partial charge in [0.2, 0.25) is 0 Å². The van der Waals surface area contributed by atoms with Crippen molar-refractivity contribution in [2.24, 2.45) is 0 Å². The average Bonchev–Trinajstić information content (AvgIpc) is 2.39. The summed E-state index contributed by atoms with van der Waals surface area (Å²) in [5, 5.41) is 0.909.